The predicted molar refractivity (Wildman–Crippen MR) is 57.9 cm³/mol. The second-order valence-corrected chi connectivity index (χ2v) is 4.14. The van der Waals surface area contributed by atoms with Gasteiger partial charge in [-0.2, -0.15) is 0 Å². The van der Waals surface area contributed by atoms with Crippen LogP contribution in [0, 0.1) is 13.8 Å². The first-order valence-corrected chi connectivity index (χ1v) is 5.06. The number of aromatic nitrogens is 2. The Balaban J connectivity index is 2.32. The molecule has 0 spiro atoms. The number of ketones is 2. The molecule has 1 aliphatic rings. The average molecular weight is 214 g/mol. The Hall–Kier alpha value is -2.10. The zero-order valence-electron chi connectivity index (χ0n) is 8.97. The maximum Gasteiger partial charge on any atom is 0.212 e. The van der Waals surface area contributed by atoms with Gasteiger partial charge in [0.25, 0.3) is 0 Å². The summed E-state index contributed by atoms with van der Waals surface area (Å²) in [5.41, 5.74) is 3.42. The van der Waals surface area contributed by atoms with Gasteiger partial charge in [-0.15, -0.1) is 0 Å². The highest BCUT2D eigenvalue weighted by Crippen LogP contribution is 2.27. The molecule has 0 unspecified atom stereocenters. The molecule has 0 saturated carbocycles. The number of rotatable bonds is 0. The van der Waals surface area contributed by atoms with Crippen LogP contribution < -0.4 is 0 Å². The molecule has 2 aromatic rings. The van der Waals surface area contributed by atoms with Crippen molar-refractivity contribution in [2.24, 2.45) is 0 Å². The standard InChI is InChI=1S/C12H10N2O2/c1-5-3-7-9(13-5)12(16)8-4-6(2)14-10(8)11(7)15/h3-4,13-14H,1-2H3. The molecule has 0 bridgehead atoms. The molecule has 4 nitrogen and oxygen atoms in total. The summed E-state index contributed by atoms with van der Waals surface area (Å²) in [6, 6.07) is 3.43. The fourth-order valence-corrected chi connectivity index (χ4v) is 2.16. The average Bonchev–Trinajstić information content (AvgIpc) is 2.78. The number of carbonyl (C=O) groups excluding carboxylic acids is 2. The molecule has 0 radical (unpaired) electrons. The van der Waals surface area contributed by atoms with Crippen LogP contribution >= 0.6 is 0 Å². The first-order chi connectivity index (χ1) is 7.58. The van der Waals surface area contributed by atoms with E-state index in [0.717, 1.165) is 11.4 Å². The minimum Gasteiger partial charge on any atom is -0.355 e. The van der Waals surface area contributed by atoms with E-state index in [-0.39, 0.29) is 11.6 Å². The number of carbonyl (C=O) groups is 2. The van der Waals surface area contributed by atoms with Crippen molar-refractivity contribution in [1.29, 1.82) is 0 Å². The molecule has 0 amide bonds. The van der Waals surface area contributed by atoms with E-state index in [4.69, 9.17) is 0 Å². The first kappa shape index (κ1) is 9.15. The fourth-order valence-electron chi connectivity index (χ4n) is 2.16. The number of fused-ring (bicyclic) bond motifs is 2. The lowest BCUT2D eigenvalue weighted by Crippen LogP contribution is -2.19. The molecular weight excluding hydrogens is 204 g/mol. The van der Waals surface area contributed by atoms with Crippen LogP contribution in [0.5, 0.6) is 0 Å². The van der Waals surface area contributed by atoms with Gasteiger partial charge in [-0.05, 0) is 26.0 Å². The van der Waals surface area contributed by atoms with Crippen LogP contribution in [0.3, 0.4) is 0 Å². The lowest BCUT2D eigenvalue weighted by atomic mass is 9.93. The van der Waals surface area contributed by atoms with Gasteiger partial charge in [-0.25, -0.2) is 0 Å². The third-order valence-corrected chi connectivity index (χ3v) is 2.85. The normalized spacial score (nSPS) is 13.9. The molecule has 0 fully saturated rings. The summed E-state index contributed by atoms with van der Waals surface area (Å²) >= 11 is 0. The Bertz CT molecular complexity index is 528. The first-order valence-electron chi connectivity index (χ1n) is 5.06. The van der Waals surface area contributed by atoms with E-state index < -0.39 is 0 Å². The van der Waals surface area contributed by atoms with Gasteiger partial charge < -0.3 is 9.97 Å². The van der Waals surface area contributed by atoms with Crippen molar-refractivity contribution in [3.05, 3.63) is 46.0 Å². The van der Waals surface area contributed by atoms with Gasteiger partial charge in [-0.3, -0.25) is 9.59 Å². The number of hydrogen-bond acceptors (Lipinski definition) is 2. The van der Waals surface area contributed by atoms with E-state index in [9.17, 15) is 9.59 Å². The lowest BCUT2D eigenvalue weighted by molar-refractivity contribution is 0.0975. The zero-order valence-corrected chi connectivity index (χ0v) is 8.97. The smallest absolute Gasteiger partial charge is 0.212 e. The predicted octanol–water partition coefficient (Wildman–Crippen LogP) is 1.74. The van der Waals surface area contributed by atoms with Crippen LogP contribution in [0.1, 0.15) is 43.5 Å². The van der Waals surface area contributed by atoms with Crippen LogP contribution in [0.25, 0.3) is 0 Å². The topological polar surface area (TPSA) is 65.7 Å². The molecule has 2 heterocycles. The monoisotopic (exact) mass is 214 g/mol. The summed E-state index contributed by atoms with van der Waals surface area (Å²) in [4.78, 5) is 30.0. The number of hydrogen-bond donors (Lipinski definition) is 2. The van der Waals surface area contributed by atoms with Crippen LogP contribution in [0.4, 0.5) is 0 Å². The quantitative estimate of drug-likeness (QED) is 0.598. The van der Waals surface area contributed by atoms with Crippen molar-refractivity contribution in [1.82, 2.24) is 9.97 Å². The van der Waals surface area contributed by atoms with E-state index in [0.29, 0.717) is 22.5 Å². The Kier molecular flexibility index (Phi) is 1.56. The van der Waals surface area contributed by atoms with E-state index in [2.05, 4.69) is 9.97 Å². The zero-order chi connectivity index (χ0) is 11.4. The van der Waals surface area contributed by atoms with Crippen LogP contribution in [-0.2, 0) is 0 Å². The van der Waals surface area contributed by atoms with Crippen LogP contribution in [0.15, 0.2) is 12.1 Å². The van der Waals surface area contributed by atoms with Gasteiger partial charge >= 0.3 is 0 Å². The largest absolute Gasteiger partial charge is 0.355 e. The Morgan fingerprint density at radius 1 is 0.812 bits per heavy atom. The second-order valence-electron chi connectivity index (χ2n) is 4.14. The van der Waals surface area contributed by atoms with Crippen molar-refractivity contribution in [2.45, 2.75) is 13.8 Å². The van der Waals surface area contributed by atoms with Crippen molar-refractivity contribution >= 4 is 11.6 Å². The number of aromatic amines is 2. The second kappa shape index (κ2) is 2.72. The van der Waals surface area contributed by atoms with Crippen LogP contribution in [0.2, 0.25) is 0 Å². The number of H-pyrrole nitrogens is 2. The molecule has 4 heteroatoms. The van der Waals surface area contributed by atoms with Gasteiger partial charge in [0.05, 0.1) is 22.5 Å². The number of nitrogens with one attached hydrogen (secondary N) is 2. The van der Waals surface area contributed by atoms with Crippen molar-refractivity contribution < 1.29 is 9.59 Å². The molecule has 2 aromatic heterocycles. The van der Waals surface area contributed by atoms with Gasteiger partial charge in [0, 0.05) is 11.4 Å². The molecule has 2 N–H and O–H groups in total. The molecule has 80 valence electrons. The summed E-state index contributed by atoms with van der Waals surface area (Å²) in [7, 11) is 0. The molecule has 0 atom stereocenters. The maximum absolute atomic E-state index is 12.1. The van der Waals surface area contributed by atoms with E-state index in [1.54, 1.807) is 12.1 Å². The number of aryl methyl sites for hydroxylation is 2. The van der Waals surface area contributed by atoms with E-state index in [1.165, 1.54) is 0 Å². The molecular formula is C12H10N2O2. The van der Waals surface area contributed by atoms with E-state index in [1.807, 2.05) is 13.8 Å². The van der Waals surface area contributed by atoms with Crippen molar-refractivity contribution in [3.63, 3.8) is 0 Å². The van der Waals surface area contributed by atoms with Crippen molar-refractivity contribution in [3.8, 4) is 0 Å². The highest BCUT2D eigenvalue weighted by atomic mass is 16.1. The third kappa shape index (κ3) is 0.984. The van der Waals surface area contributed by atoms with Gasteiger partial charge in [0.2, 0.25) is 11.6 Å². The van der Waals surface area contributed by atoms with E-state index >= 15 is 0 Å². The summed E-state index contributed by atoms with van der Waals surface area (Å²) in [6.45, 7) is 3.66. The minimum absolute atomic E-state index is 0.109. The molecule has 0 aliphatic heterocycles. The SMILES string of the molecule is Cc1cc2c([nH]1)C(=O)c1cc(C)[nH]c1C2=O. The summed E-state index contributed by atoms with van der Waals surface area (Å²) in [5, 5.41) is 0. The molecule has 16 heavy (non-hydrogen) atoms. The Morgan fingerprint density at radius 2 is 1.19 bits per heavy atom. The lowest BCUT2D eigenvalue weighted by Gasteiger charge is -2.09. The van der Waals surface area contributed by atoms with Gasteiger partial charge in [0.1, 0.15) is 0 Å². The highest BCUT2D eigenvalue weighted by Gasteiger charge is 2.32. The van der Waals surface area contributed by atoms with Crippen molar-refractivity contribution in [2.75, 3.05) is 0 Å². The minimum atomic E-state index is -0.109. The Labute approximate surface area is 91.7 Å². The maximum atomic E-state index is 12.1. The summed E-state index contributed by atoms with van der Waals surface area (Å²) < 4.78 is 0. The molecule has 0 saturated heterocycles. The fraction of sp³-hybridized carbons (Fsp3) is 0.167. The Morgan fingerprint density at radius 3 is 1.56 bits per heavy atom. The third-order valence-electron chi connectivity index (χ3n) is 2.85. The summed E-state index contributed by atoms with van der Waals surface area (Å²) in [5.74, 6) is -0.218. The molecule has 3 rings (SSSR count). The summed E-state index contributed by atoms with van der Waals surface area (Å²) in [6.07, 6.45) is 0. The molecule has 1 aliphatic carbocycles. The van der Waals surface area contributed by atoms with Crippen LogP contribution in [-0.4, -0.2) is 21.5 Å². The van der Waals surface area contributed by atoms with Gasteiger partial charge in [-0.1, -0.05) is 0 Å². The molecule has 0 aromatic carbocycles. The van der Waals surface area contributed by atoms with Gasteiger partial charge in [0.15, 0.2) is 0 Å². The highest BCUT2D eigenvalue weighted by molar-refractivity contribution is 6.27.